The van der Waals surface area contributed by atoms with Crippen LogP contribution in [-0.4, -0.2) is 5.16 Å². The fraction of sp³-hybridized carbons (Fsp3) is 0.111. The molecule has 1 rings (SSSR count). The number of rotatable bonds is 2. The van der Waals surface area contributed by atoms with Crippen LogP contribution in [0.4, 0.5) is 5.69 Å². The van der Waals surface area contributed by atoms with Gasteiger partial charge in [-0.05, 0) is 36.3 Å². The lowest BCUT2D eigenvalue weighted by Crippen LogP contribution is -1.73. The Bertz CT molecular complexity index is 287. The van der Waals surface area contributed by atoms with Gasteiger partial charge in [-0.25, -0.2) is 0 Å². The van der Waals surface area contributed by atoms with Gasteiger partial charge >= 0.3 is 0 Å². The number of benzene rings is 1. The number of thiocarbonyl (C=S) groups is 1. The fourth-order valence-corrected chi connectivity index (χ4v) is 0.932. The summed E-state index contributed by atoms with van der Waals surface area (Å²) in [5, 5.41) is 2.33. The molecule has 0 aliphatic heterocycles. The third kappa shape index (κ3) is 2.26. The second kappa shape index (κ2) is 4.02. The second-order valence-electron chi connectivity index (χ2n) is 2.09. The second-order valence-corrected chi connectivity index (χ2v) is 2.27. The fourth-order valence-electron chi connectivity index (χ4n) is 0.827. The van der Waals surface area contributed by atoms with Gasteiger partial charge in [0.05, 0.1) is 10.8 Å². The Hall–Kier alpha value is -0.980. The van der Waals surface area contributed by atoms with Crippen LogP contribution in [0.3, 0.4) is 0 Å². The van der Waals surface area contributed by atoms with Gasteiger partial charge in [-0.1, -0.05) is 19.1 Å². The van der Waals surface area contributed by atoms with E-state index in [2.05, 4.69) is 22.4 Å². The summed E-state index contributed by atoms with van der Waals surface area (Å²) in [5.41, 5.74) is 2.01. The van der Waals surface area contributed by atoms with E-state index in [-0.39, 0.29) is 0 Å². The Labute approximate surface area is 71.8 Å². The summed E-state index contributed by atoms with van der Waals surface area (Å²) in [7, 11) is 0. The van der Waals surface area contributed by atoms with E-state index in [1.54, 1.807) is 0 Å². The van der Waals surface area contributed by atoms with Crippen molar-refractivity contribution in [3.63, 3.8) is 0 Å². The summed E-state index contributed by atoms with van der Waals surface area (Å²) in [4.78, 5) is 3.86. The molecule has 0 fully saturated rings. The minimum Gasteiger partial charge on any atom is -0.195 e. The van der Waals surface area contributed by atoms with Gasteiger partial charge in [0.2, 0.25) is 0 Å². The SMILES string of the molecule is C[CH]c1cccc(N=C=S)c1. The van der Waals surface area contributed by atoms with Crippen LogP contribution >= 0.6 is 12.2 Å². The van der Waals surface area contributed by atoms with Gasteiger partial charge < -0.3 is 0 Å². The molecule has 0 unspecified atom stereocenters. The zero-order chi connectivity index (χ0) is 8.10. The normalized spacial score (nSPS) is 8.82. The molecule has 0 atom stereocenters. The molecule has 0 aliphatic rings. The molecule has 11 heavy (non-hydrogen) atoms. The summed E-state index contributed by atoms with van der Waals surface area (Å²) < 4.78 is 0. The molecule has 0 heterocycles. The molecule has 1 nitrogen and oxygen atoms in total. The van der Waals surface area contributed by atoms with Crippen LogP contribution in [0.1, 0.15) is 12.5 Å². The Balaban J connectivity index is 3.00. The summed E-state index contributed by atoms with van der Waals surface area (Å²) in [6, 6.07) is 7.81. The molecule has 55 valence electrons. The van der Waals surface area contributed by atoms with E-state index >= 15 is 0 Å². The largest absolute Gasteiger partial charge is 0.195 e. The lowest BCUT2D eigenvalue weighted by Gasteiger charge is -1.94. The van der Waals surface area contributed by atoms with E-state index in [0.717, 1.165) is 11.3 Å². The molecule has 0 bridgehead atoms. The molecule has 0 aromatic heterocycles. The van der Waals surface area contributed by atoms with Crippen molar-refractivity contribution in [2.45, 2.75) is 6.92 Å². The van der Waals surface area contributed by atoms with Gasteiger partial charge in [0, 0.05) is 0 Å². The third-order valence-corrected chi connectivity index (χ3v) is 1.47. The zero-order valence-electron chi connectivity index (χ0n) is 6.24. The number of aliphatic imine (C=N–C) groups is 1. The Morgan fingerprint density at radius 2 is 2.36 bits per heavy atom. The van der Waals surface area contributed by atoms with Crippen LogP contribution in [0, 0.1) is 6.42 Å². The minimum absolute atomic E-state index is 0.857. The first-order chi connectivity index (χ1) is 5.36. The molecule has 0 amide bonds. The minimum atomic E-state index is 0.857. The van der Waals surface area contributed by atoms with E-state index in [1.807, 2.05) is 37.6 Å². The van der Waals surface area contributed by atoms with Crippen LogP contribution in [0.5, 0.6) is 0 Å². The number of nitrogens with zero attached hydrogens (tertiary/aromatic N) is 1. The summed E-state index contributed by atoms with van der Waals surface area (Å²) in [6.07, 6.45) is 2.02. The highest BCUT2D eigenvalue weighted by atomic mass is 32.1. The number of hydrogen-bond acceptors (Lipinski definition) is 2. The van der Waals surface area contributed by atoms with Gasteiger partial charge in [0.1, 0.15) is 0 Å². The molecule has 0 saturated carbocycles. The molecule has 1 radical (unpaired) electrons. The van der Waals surface area contributed by atoms with Crippen molar-refractivity contribution in [3.05, 3.63) is 36.2 Å². The van der Waals surface area contributed by atoms with Crippen molar-refractivity contribution in [3.8, 4) is 0 Å². The standard InChI is InChI=1S/C9H8NS/c1-2-8-4-3-5-9(6-8)10-7-11/h2-6H,1H3. The topological polar surface area (TPSA) is 12.4 Å². The molecule has 0 N–H and O–H groups in total. The van der Waals surface area contributed by atoms with Crippen LogP contribution in [-0.2, 0) is 0 Å². The Morgan fingerprint density at radius 3 is 3.00 bits per heavy atom. The highest BCUT2D eigenvalue weighted by Gasteiger charge is 1.89. The molecule has 0 saturated heterocycles. The van der Waals surface area contributed by atoms with Crippen LogP contribution in [0.25, 0.3) is 0 Å². The Kier molecular flexibility index (Phi) is 2.96. The highest BCUT2D eigenvalue weighted by molar-refractivity contribution is 7.78. The van der Waals surface area contributed by atoms with Gasteiger partial charge in [-0.3, -0.25) is 0 Å². The molecule has 2 heteroatoms. The van der Waals surface area contributed by atoms with Crippen LogP contribution in [0.15, 0.2) is 29.3 Å². The number of isothiocyanates is 1. The Morgan fingerprint density at radius 1 is 1.55 bits per heavy atom. The van der Waals surface area contributed by atoms with E-state index in [9.17, 15) is 0 Å². The first kappa shape index (κ1) is 8.12. The van der Waals surface area contributed by atoms with E-state index in [1.165, 1.54) is 0 Å². The average Bonchev–Trinajstić information content (AvgIpc) is 2.06. The van der Waals surface area contributed by atoms with Gasteiger partial charge in [-0.15, -0.1) is 0 Å². The van der Waals surface area contributed by atoms with E-state index in [4.69, 9.17) is 0 Å². The van der Waals surface area contributed by atoms with Gasteiger partial charge in [-0.2, -0.15) is 4.99 Å². The van der Waals surface area contributed by atoms with Crippen molar-refractivity contribution in [1.29, 1.82) is 0 Å². The zero-order valence-corrected chi connectivity index (χ0v) is 7.06. The predicted molar refractivity (Wildman–Crippen MR) is 50.2 cm³/mol. The first-order valence-corrected chi connectivity index (χ1v) is 3.75. The van der Waals surface area contributed by atoms with Gasteiger partial charge in [0.25, 0.3) is 0 Å². The predicted octanol–water partition coefficient (Wildman–Crippen LogP) is 2.99. The maximum atomic E-state index is 4.49. The van der Waals surface area contributed by atoms with E-state index < -0.39 is 0 Å². The summed E-state index contributed by atoms with van der Waals surface area (Å²) in [6.45, 7) is 1.99. The monoisotopic (exact) mass is 162 g/mol. The molecule has 1 aromatic carbocycles. The van der Waals surface area contributed by atoms with Gasteiger partial charge in [0.15, 0.2) is 0 Å². The molecule has 0 spiro atoms. The molecule has 0 aliphatic carbocycles. The van der Waals surface area contributed by atoms with Crippen LogP contribution in [0.2, 0.25) is 0 Å². The maximum absolute atomic E-state index is 4.49. The first-order valence-electron chi connectivity index (χ1n) is 3.34. The van der Waals surface area contributed by atoms with Crippen molar-refractivity contribution in [2.75, 3.05) is 0 Å². The average molecular weight is 162 g/mol. The lowest BCUT2D eigenvalue weighted by atomic mass is 10.1. The van der Waals surface area contributed by atoms with Crippen molar-refractivity contribution < 1.29 is 0 Å². The van der Waals surface area contributed by atoms with E-state index in [0.29, 0.717) is 0 Å². The highest BCUT2D eigenvalue weighted by Crippen LogP contribution is 2.13. The number of hydrogen-bond donors (Lipinski definition) is 0. The maximum Gasteiger partial charge on any atom is 0.0742 e. The molecular formula is C9H8NS. The molecular weight excluding hydrogens is 154 g/mol. The van der Waals surface area contributed by atoms with Crippen molar-refractivity contribution >= 4 is 23.1 Å². The molecule has 1 aromatic rings. The third-order valence-electron chi connectivity index (χ3n) is 1.38. The summed E-state index contributed by atoms with van der Waals surface area (Å²) in [5.74, 6) is 0. The van der Waals surface area contributed by atoms with Crippen molar-refractivity contribution in [1.82, 2.24) is 0 Å². The smallest absolute Gasteiger partial charge is 0.0742 e. The lowest BCUT2D eigenvalue weighted by molar-refractivity contribution is 1.40. The quantitative estimate of drug-likeness (QED) is 0.481. The van der Waals surface area contributed by atoms with Crippen LogP contribution < -0.4 is 0 Å². The summed E-state index contributed by atoms with van der Waals surface area (Å²) >= 11 is 4.49. The van der Waals surface area contributed by atoms with Crippen molar-refractivity contribution in [2.24, 2.45) is 4.99 Å².